The molecule has 3 nitrogen and oxygen atoms in total. The van der Waals surface area contributed by atoms with Crippen LogP contribution in [0.15, 0.2) is 12.2 Å². The number of nitrogens with zero attached hydrogens (tertiary/aromatic N) is 1. The second-order valence-electron chi connectivity index (χ2n) is 9.89. The van der Waals surface area contributed by atoms with Crippen LogP contribution in [-0.2, 0) is 9.53 Å². The molecule has 0 fully saturated rings. The second-order valence-corrected chi connectivity index (χ2v) is 9.89. The van der Waals surface area contributed by atoms with Crippen molar-refractivity contribution in [3.63, 3.8) is 0 Å². The molecule has 0 N–H and O–H groups in total. The first-order chi connectivity index (χ1) is 15.6. The van der Waals surface area contributed by atoms with Crippen molar-refractivity contribution in [1.29, 1.82) is 0 Å². The maximum atomic E-state index is 12.3. The van der Waals surface area contributed by atoms with Gasteiger partial charge >= 0.3 is 5.97 Å². The van der Waals surface area contributed by atoms with Gasteiger partial charge in [-0.3, -0.25) is 4.79 Å². The highest BCUT2D eigenvalue weighted by molar-refractivity contribution is 5.69. The van der Waals surface area contributed by atoms with Gasteiger partial charge in [0.2, 0.25) is 0 Å². The summed E-state index contributed by atoms with van der Waals surface area (Å²) in [4.78, 5) is 14.4. The lowest BCUT2D eigenvalue weighted by molar-refractivity contribution is -0.150. The van der Waals surface area contributed by atoms with Crippen molar-refractivity contribution >= 4 is 5.97 Å². The number of carbonyl (C=O) groups excluding carboxylic acids is 1. The van der Waals surface area contributed by atoms with Gasteiger partial charge < -0.3 is 9.64 Å². The summed E-state index contributed by atoms with van der Waals surface area (Å²) in [7, 11) is 4.11. The Morgan fingerprint density at radius 3 is 1.78 bits per heavy atom. The number of ether oxygens (including phenoxy) is 1. The number of allylic oxidation sites excluding steroid dienone is 2. The quantitative estimate of drug-likeness (QED) is 0.0833. The lowest BCUT2D eigenvalue weighted by Crippen LogP contribution is -2.20. The number of hydrogen-bond acceptors (Lipinski definition) is 3. The first-order valence-corrected chi connectivity index (χ1v) is 14.1. The summed E-state index contributed by atoms with van der Waals surface area (Å²) in [5, 5.41) is 0. The van der Waals surface area contributed by atoms with E-state index in [1.54, 1.807) is 0 Å². The smallest absolute Gasteiger partial charge is 0.306 e. The molecule has 0 bridgehead atoms. The van der Waals surface area contributed by atoms with Crippen molar-refractivity contribution in [3.8, 4) is 0 Å². The molecule has 0 aromatic carbocycles. The molecule has 0 aromatic heterocycles. The Balaban J connectivity index is 4.00. The fraction of sp³-hybridized carbons (Fsp3) is 0.897. The zero-order valence-corrected chi connectivity index (χ0v) is 22.3. The molecular formula is C29H57NO2. The van der Waals surface area contributed by atoms with E-state index in [0.29, 0.717) is 6.42 Å². The van der Waals surface area contributed by atoms with Gasteiger partial charge in [-0.25, -0.2) is 0 Å². The van der Waals surface area contributed by atoms with Gasteiger partial charge in [-0.05, 0) is 72.0 Å². The molecule has 0 aliphatic rings. The van der Waals surface area contributed by atoms with Crippen molar-refractivity contribution < 1.29 is 9.53 Å². The fourth-order valence-corrected chi connectivity index (χ4v) is 4.12. The number of carbonyl (C=O) groups is 1. The first kappa shape index (κ1) is 31.2. The van der Waals surface area contributed by atoms with Crippen LogP contribution in [0, 0.1) is 0 Å². The SMILES string of the molecule is CCC/C=C\CCCCCCCCC(CCCCCCCCC)OC(=O)CCCN(C)C. The van der Waals surface area contributed by atoms with Gasteiger partial charge in [-0.2, -0.15) is 0 Å². The molecule has 0 aliphatic heterocycles. The Morgan fingerprint density at radius 1 is 0.688 bits per heavy atom. The molecule has 0 heterocycles. The van der Waals surface area contributed by atoms with E-state index in [4.69, 9.17) is 4.74 Å². The molecule has 0 rings (SSSR count). The number of esters is 1. The van der Waals surface area contributed by atoms with E-state index in [1.807, 2.05) is 0 Å². The molecule has 3 heteroatoms. The van der Waals surface area contributed by atoms with E-state index in [1.165, 1.54) is 103 Å². The molecule has 190 valence electrons. The van der Waals surface area contributed by atoms with Gasteiger partial charge in [0.25, 0.3) is 0 Å². The molecule has 0 saturated heterocycles. The van der Waals surface area contributed by atoms with Crippen molar-refractivity contribution in [2.24, 2.45) is 0 Å². The van der Waals surface area contributed by atoms with E-state index in [2.05, 4.69) is 45.0 Å². The predicted octanol–water partition coefficient (Wildman–Crippen LogP) is 8.86. The van der Waals surface area contributed by atoms with E-state index in [0.717, 1.165) is 25.8 Å². The Labute approximate surface area is 201 Å². The third kappa shape index (κ3) is 23.8. The standard InChI is InChI=1S/C29H57NO2/c1-5-7-9-11-13-14-15-16-18-20-22-25-28(24-21-19-17-12-10-8-6-2)32-29(31)26-23-27-30(3)4/h9,11,28H,5-8,10,12-27H2,1-4H3/b11-9-. The summed E-state index contributed by atoms with van der Waals surface area (Å²) < 4.78 is 5.90. The molecule has 0 saturated carbocycles. The van der Waals surface area contributed by atoms with E-state index in [9.17, 15) is 4.79 Å². The summed E-state index contributed by atoms with van der Waals surface area (Å²) in [5.74, 6) is 0.0101. The Morgan fingerprint density at radius 2 is 1.22 bits per heavy atom. The minimum Gasteiger partial charge on any atom is -0.462 e. The molecule has 0 amide bonds. The van der Waals surface area contributed by atoms with Gasteiger partial charge in [0.1, 0.15) is 6.10 Å². The molecular weight excluding hydrogens is 394 g/mol. The van der Waals surface area contributed by atoms with Crippen molar-refractivity contribution in [3.05, 3.63) is 12.2 Å². The average molecular weight is 452 g/mol. The number of rotatable bonds is 24. The topological polar surface area (TPSA) is 29.5 Å². The third-order valence-electron chi connectivity index (χ3n) is 6.18. The highest BCUT2D eigenvalue weighted by atomic mass is 16.5. The highest BCUT2D eigenvalue weighted by Gasteiger charge is 2.14. The van der Waals surface area contributed by atoms with Crippen LogP contribution in [0.5, 0.6) is 0 Å². The van der Waals surface area contributed by atoms with Crippen molar-refractivity contribution in [2.45, 2.75) is 148 Å². The van der Waals surface area contributed by atoms with Crippen LogP contribution in [0.2, 0.25) is 0 Å². The number of unbranched alkanes of at least 4 members (excludes halogenated alkanes) is 13. The zero-order chi connectivity index (χ0) is 23.7. The van der Waals surface area contributed by atoms with Crippen molar-refractivity contribution in [2.75, 3.05) is 20.6 Å². The van der Waals surface area contributed by atoms with Crippen LogP contribution in [-0.4, -0.2) is 37.6 Å². The Bertz CT molecular complexity index is 419. The predicted molar refractivity (Wildman–Crippen MR) is 141 cm³/mol. The molecule has 0 aliphatic carbocycles. The van der Waals surface area contributed by atoms with Gasteiger partial charge in [0.15, 0.2) is 0 Å². The van der Waals surface area contributed by atoms with E-state index < -0.39 is 0 Å². The second kappa shape index (κ2) is 24.8. The van der Waals surface area contributed by atoms with Gasteiger partial charge in [-0.15, -0.1) is 0 Å². The van der Waals surface area contributed by atoms with Gasteiger partial charge in [0, 0.05) is 6.42 Å². The largest absolute Gasteiger partial charge is 0.462 e. The zero-order valence-electron chi connectivity index (χ0n) is 22.3. The minimum absolute atomic E-state index is 0.0101. The monoisotopic (exact) mass is 451 g/mol. The van der Waals surface area contributed by atoms with Crippen LogP contribution in [0.3, 0.4) is 0 Å². The van der Waals surface area contributed by atoms with Crippen LogP contribution >= 0.6 is 0 Å². The van der Waals surface area contributed by atoms with Crippen LogP contribution < -0.4 is 0 Å². The van der Waals surface area contributed by atoms with Crippen molar-refractivity contribution in [1.82, 2.24) is 4.90 Å². The summed E-state index contributed by atoms with van der Waals surface area (Å²) in [6.07, 6.45) is 29.1. The van der Waals surface area contributed by atoms with Gasteiger partial charge in [0.05, 0.1) is 0 Å². The van der Waals surface area contributed by atoms with E-state index >= 15 is 0 Å². The van der Waals surface area contributed by atoms with Gasteiger partial charge in [-0.1, -0.05) is 96.6 Å². The summed E-state index contributed by atoms with van der Waals surface area (Å²) in [5.41, 5.74) is 0. The average Bonchev–Trinajstić information content (AvgIpc) is 2.76. The van der Waals surface area contributed by atoms with Crippen LogP contribution in [0.25, 0.3) is 0 Å². The summed E-state index contributed by atoms with van der Waals surface area (Å²) in [6, 6.07) is 0. The molecule has 1 unspecified atom stereocenters. The fourth-order valence-electron chi connectivity index (χ4n) is 4.12. The Hall–Kier alpha value is -0.830. The molecule has 0 spiro atoms. The molecule has 0 radical (unpaired) electrons. The lowest BCUT2D eigenvalue weighted by Gasteiger charge is -2.18. The maximum absolute atomic E-state index is 12.3. The maximum Gasteiger partial charge on any atom is 0.306 e. The first-order valence-electron chi connectivity index (χ1n) is 14.1. The molecule has 0 aromatic rings. The Kier molecular flexibility index (Phi) is 24.2. The van der Waals surface area contributed by atoms with E-state index in [-0.39, 0.29) is 12.1 Å². The minimum atomic E-state index is 0.0101. The van der Waals surface area contributed by atoms with Crippen LogP contribution in [0.4, 0.5) is 0 Å². The number of hydrogen-bond donors (Lipinski definition) is 0. The third-order valence-corrected chi connectivity index (χ3v) is 6.18. The summed E-state index contributed by atoms with van der Waals surface area (Å²) >= 11 is 0. The normalized spacial score (nSPS) is 12.7. The lowest BCUT2D eigenvalue weighted by atomic mass is 10.0. The molecule has 1 atom stereocenters. The summed E-state index contributed by atoms with van der Waals surface area (Å²) in [6.45, 7) is 5.45. The molecule has 32 heavy (non-hydrogen) atoms. The highest BCUT2D eigenvalue weighted by Crippen LogP contribution is 2.18. The van der Waals surface area contributed by atoms with Crippen LogP contribution in [0.1, 0.15) is 142 Å².